The molecule has 1 aliphatic rings. The summed E-state index contributed by atoms with van der Waals surface area (Å²) in [4.78, 5) is 14.5. The zero-order valence-corrected chi connectivity index (χ0v) is 16.5. The summed E-state index contributed by atoms with van der Waals surface area (Å²) in [5.74, 6) is 0.759. The molecule has 1 aliphatic heterocycles. The van der Waals surface area contributed by atoms with Gasteiger partial charge in [-0.15, -0.1) is 0 Å². The molecule has 0 spiro atoms. The lowest BCUT2D eigenvalue weighted by Gasteiger charge is -2.12. The lowest BCUT2D eigenvalue weighted by Crippen LogP contribution is -2.27. The van der Waals surface area contributed by atoms with E-state index in [4.69, 9.17) is 21.7 Å². The Bertz CT molecular complexity index is 897. The monoisotopic (exact) mass is 403 g/mol. The number of rotatable bonds is 6. The zero-order valence-electron chi connectivity index (χ0n) is 14.9. The van der Waals surface area contributed by atoms with Crippen molar-refractivity contribution in [3.05, 3.63) is 64.3 Å². The summed E-state index contributed by atoms with van der Waals surface area (Å²) in [7, 11) is 1.56. The molecule has 3 rings (SSSR count). The van der Waals surface area contributed by atoms with E-state index in [2.05, 4.69) is 0 Å². The van der Waals surface area contributed by atoms with E-state index in [1.807, 2.05) is 13.0 Å². The van der Waals surface area contributed by atoms with Crippen LogP contribution in [0.4, 0.5) is 4.39 Å². The summed E-state index contributed by atoms with van der Waals surface area (Å²) >= 11 is 6.52. The fourth-order valence-corrected chi connectivity index (χ4v) is 3.94. The van der Waals surface area contributed by atoms with Crippen molar-refractivity contribution >= 4 is 40.3 Å². The number of amides is 1. The van der Waals surface area contributed by atoms with E-state index in [9.17, 15) is 9.18 Å². The Morgan fingerprint density at radius 1 is 1.19 bits per heavy atom. The van der Waals surface area contributed by atoms with Crippen LogP contribution in [0.25, 0.3) is 6.08 Å². The number of likely N-dealkylation sites (N-methyl/N-ethyl adjacent to an activating group) is 1. The smallest absolute Gasteiger partial charge is 0.266 e. The van der Waals surface area contributed by atoms with E-state index in [0.717, 1.165) is 11.1 Å². The molecule has 1 heterocycles. The number of hydrogen-bond acceptors (Lipinski definition) is 5. The average Bonchev–Trinajstić information content (AvgIpc) is 2.94. The van der Waals surface area contributed by atoms with Crippen molar-refractivity contribution in [1.29, 1.82) is 0 Å². The number of nitrogens with zero attached hydrogens (tertiary/aromatic N) is 1. The van der Waals surface area contributed by atoms with Crippen LogP contribution in [0, 0.1) is 5.82 Å². The van der Waals surface area contributed by atoms with Gasteiger partial charge in [-0.25, -0.2) is 4.39 Å². The minimum Gasteiger partial charge on any atom is -0.493 e. The second-order valence-corrected chi connectivity index (χ2v) is 7.43. The highest BCUT2D eigenvalue weighted by Gasteiger charge is 2.30. The van der Waals surface area contributed by atoms with Gasteiger partial charge in [-0.05, 0) is 48.4 Å². The maximum Gasteiger partial charge on any atom is 0.266 e. The van der Waals surface area contributed by atoms with Gasteiger partial charge in [-0.2, -0.15) is 0 Å². The molecule has 0 bridgehead atoms. The third-order valence-electron chi connectivity index (χ3n) is 3.98. The molecule has 0 aliphatic carbocycles. The molecule has 4 nitrogen and oxygen atoms in total. The van der Waals surface area contributed by atoms with Crippen LogP contribution in [0.5, 0.6) is 11.5 Å². The average molecular weight is 404 g/mol. The molecular weight excluding hydrogens is 385 g/mol. The Kier molecular flexibility index (Phi) is 6.13. The van der Waals surface area contributed by atoms with Gasteiger partial charge in [0.25, 0.3) is 5.91 Å². The Balaban J connectivity index is 1.76. The highest BCUT2D eigenvalue weighted by Crippen LogP contribution is 2.34. The van der Waals surface area contributed by atoms with Gasteiger partial charge < -0.3 is 9.47 Å². The van der Waals surface area contributed by atoms with Crippen molar-refractivity contribution in [2.24, 2.45) is 0 Å². The molecule has 0 unspecified atom stereocenters. The van der Waals surface area contributed by atoms with E-state index in [0.29, 0.717) is 33.9 Å². The molecule has 7 heteroatoms. The van der Waals surface area contributed by atoms with E-state index in [1.165, 1.54) is 23.9 Å². The first-order chi connectivity index (χ1) is 13.0. The third-order valence-corrected chi connectivity index (χ3v) is 5.36. The van der Waals surface area contributed by atoms with Gasteiger partial charge in [0.15, 0.2) is 11.5 Å². The number of ether oxygens (including phenoxy) is 2. The van der Waals surface area contributed by atoms with Gasteiger partial charge in [0.05, 0.1) is 12.0 Å². The van der Waals surface area contributed by atoms with Crippen molar-refractivity contribution in [3.8, 4) is 11.5 Å². The minimum absolute atomic E-state index is 0.0805. The molecule has 1 fully saturated rings. The maximum atomic E-state index is 13.0. The Morgan fingerprint density at radius 3 is 2.56 bits per heavy atom. The fourth-order valence-electron chi connectivity index (χ4n) is 2.56. The van der Waals surface area contributed by atoms with Gasteiger partial charge in [-0.3, -0.25) is 9.69 Å². The van der Waals surface area contributed by atoms with Crippen molar-refractivity contribution in [3.63, 3.8) is 0 Å². The first-order valence-corrected chi connectivity index (χ1v) is 9.55. The molecule has 1 amide bonds. The number of hydrogen-bond donors (Lipinski definition) is 0. The molecule has 0 atom stereocenters. The molecule has 0 saturated carbocycles. The number of methoxy groups -OCH3 is 1. The lowest BCUT2D eigenvalue weighted by molar-refractivity contribution is -0.121. The molecule has 2 aromatic rings. The predicted molar refractivity (Wildman–Crippen MR) is 109 cm³/mol. The maximum absolute atomic E-state index is 13.0. The predicted octanol–water partition coefficient (Wildman–Crippen LogP) is 4.63. The van der Waals surface area contributed by atoms with Crippen molar-refractivity contribution < 1.29 is 18.7 Å². The van der Waals surface area contributed by atoms with Crippen LogP contribution in [-0.4, -0.2) is 28.8 Å². The SMILES string of the molecule is CCN1C(=O)/C(=C\c2ccc(OCc3ccc(F)cc3)c(OC)c2)SC1=S. The molecule has 2 aromatic carbocycles. The van der Waals surface area contributed by atoms with Crippen LogP contribution < -0.4 is 9.47 Å². The molecule has 0 radical (unpaired) electrons. The second kappa shape index (κ2) is 8.54. The van der Waals surface area contributed by atoms with Gasteiger partial charge in [0, 0.05) is 6.54 Å². The van der Waals surface area contributed by atoms with Crippen LogP contribution >= 0.6 is 24.0 Å². The highest BCUT2D eigenvalue weighted by molar-refractivity contribution is 8.26. The molecule has 1 saturated heterocycles. The first-order valence-electron chi connectivity index (χ1n) is 8.32. The van der Waals surface area contributed by atoms with Crippen LogP contribution in [0.3, 0.4) is 0 Å². The van der Waals surface area contributed by atoms with Gasteiger partial charge in [0.2, 0.25) is 0 Å². The Labute approximate surface area is 167 Å². The van der Waals surface area contributed by atoms with Crippen molar-refractivity contribution in [2.75, 3.05) is 13.7 Å². The molecule has 0 aromatic heterocycles. The van der Waals surface area contributed by atoms with Crippen LogP contribution in [0.15, 0.2) is 47.4 Å². The molecular formula is C20H18FNO3S2. The summed E-state index contributed by atoms with van der Waals surface area (Å²) in [6.45, 7) is 2.75. The number of carbonyl (C=O) groups is 1. The quantitative estimate of drug-likeness (QED) is 0.519. The number of thiocarbonyl (C=S) groups is 1. The molecule has 27 heavy (non-hydrogen) atoms. The lowest BCUT2D eigenvalue weighted by atomic mass is 10.1. The fraction of sp³-hybridized carbons (Fsp3) is 0.200. The van der Waals surface area contributed by atoms with Gasteiger partial charge in [0.1, 0.15) is 16.7 Å². The Morgan fingerprint density at radius 2 is 1.93 bits per heavy atom. The third kappa shape index (κ3) is 4.48. The van der Waals surface area contributed by atoms with Crippen LogP contribution in [0.1, 0.15) is 18.1 Å². The van der Waals surface area contributed by atoms with Crippen LogP contribution in [-0.2, 0) is 11.4 Å². The summed E-state index contributed by atoms with van der Waals surface area (Å²) in [6, 6.07) is 11.6. The van der Waals surface area contributed by atoms with Gasteiger partial charge in [-0.1, -0.05) is 42.2 Å². The largest absolute Gasteiger partial charge is 0.493 e. The topological polar surface area (TPSA) is 38.8 Å². The normalized spacial score (nSPS) is 15.5. The molecule has 0 N–H and O–H groups in total. The molecule has 140 valence electrons. The number of benzene rings is 2. The number of halogens is 1. The van der Waals surface area contributed by atoms with Crippen molar-refractivity contribution in [1.82, 2.24) is 4.90 Å². The minimum atomic E-state index is -0.283. The number of carbonyl (C=O) groups excluding carboxylic acids is 1. The number of thioether (sulfide) groups is 1. The van der Waals surface area contributed by atoms with Gasteiger partial charge >= 0.3 is 0 Å². The summed E-state index contributed by atoms with van der Waals surface area (Å²) in [6.07, 6.45) is 1.79. The summed E-state index contributed by atoms with van der Waals surface area (Å²) in [5, 5.41) is 0. The summed E-state index contributed by atoms with van der Waals surface area (Å²) in [5.41, 5.74) is 1.67. The van der Waals surface area contributed by atoms with E-state index >= 15 is 0 Å². The van der Waals surface area contributed by atoms with Crippen molar-refractivity contribution in [2.45, 2.75) is 13.5 Å². The van der Waals surface area contributed by atoms with E-state index < -0.39 is 0 Å². The zero-order chi connectivity index (χ0) is 19.4. The summed E-state index contributed by atoms with van der Waals surface area (Å²) < 4.78 is 24.7. The van der Waals surface area contributed by atoms with E-state index in [-0.39, 0.29) is 11.7 Å². The second-order valence-electron chi connectivity index (χ2n) is 5.75. The highest BCUT2D eigenvalue weighted by atomic mass is 32.2. The first kappa shape index (κ1) is 19.4. The Hall–Kier alpha value is -2.38. The van der Waals surface area contributed by atoms with Crippen LogP contribution in [0.2, 0.25) is 0 Å². The van der Waals surface area contributed by atoms with E-state index in [1.54, 1.807) is 42.4 Å². The standard InChI is InChI=1S/C20H18FNO3S2/c1-3-22-19(23)18(27-20(22)26)11-14-6-9-16(17(10-14)24-2)25-12-13-4-7-15(21)8-5-13/h4-11H,3,12H2,1-2H3/b18-11+.